The van der Waals surface area contributed by atoms with Gasteiger partial charge in [0, 0.05) is 5.02 Å². The molecule has 0 heterocycles. The monoisotopic (exact) mass is 304 g/mol. The Morgan fingerprint density at radius 2 is 1.76 bits per heavy atom. The van der Waals surface area contributed by atoms with Crippen LogP contribution in [0, 0.1) is 0 Å². The lowest BCUT2D eigenvalue weighted by atomic mass is 10.2. The SMILES string of the molecule is COc1ccc(CN/N=C/c2ccc(Cl)cc2)cc1OC. The fraction of sp³-hybridized carbons (Fsp3) is 0.188. The third kappa shape index (κ3) is 4.39. The maximum atomic E-state index is 5.82. The Morgan fingerprint density at radius 3 is 2.43 bits per heavy atom. The third-order valence-corrected chi connectivity index (χ3v) is 3.16. The van der Waals surface area contributed by atoms with Crippen LogP contribution in [0.3, 0.4) is 0 Å². The largest absolute Gasteiger partial charge is 0.493 e. The summed E-state index contributed by atoms with van der Waals surface area (Å²) in [7, 11) is 3.24. The van der Waals surface area contributed by atoms with Gasteiger partial charge in [-0.2, -0.15) is 5.10 Å². The van der Waals surface area contributed by atoms with E-state index in [1.54, 1.807) is 20.4 Å². The number of benzene rings is 2. The predicted octanol–water partition coefficient (Wildman–Crippen LogP) is 3.48. The van der Waals surface area contributed by atoms with Crippen molar-refractivity contribution in [1.82, 2.24) is 5.43 Å². The van der Waals surface area contributed by atoms with E-state index < -0.39 is 0 Å². The second kappa shape index (κ2) is 7.55. The molecule has 0 spiro atoms. The van der Waals surface area contributed by atoms with Crippen LogP contribution in [0.25, 0.3) is 0 Å². The molecule has 0 aliphatic heterocycles. The van der Waals surface area contributed by atoms with E-state index in [0.29, 0.717) is 23.1 Å². The standard InChI is InChI=1S/C16H17ClN2O2/c1-20-15-8-5-13(9-16(15)21-2)11-19-18-10-12-3-6-14(17)7-4-12/h3-10,19H,11H2,1-2H3/b18-10+. The van der Waals surface area contributed by atoms with Crippen LogP contribution in [0.5, 0.6) is 11.5 Å². The van der Waals surface area contributed by atoms with Gasteiger partial charge in [0.1, 0.15) is 0 Å². The second-order valence-electron chi connectivity index (χ2n) is 4.33. The van der Waals surface area contributed by atoms with Gasteiger partial charge < -0.3 is 14.9 Å². The minimum absolute atomic E-state index is 0.602. The molecule has 0 atom stereocenters. The highest BCUT2D eigenvalue weighted by Crippen LogP contribution is 2.27. The third-order valence-electron chi connectivity index (χ3n) is 2.91. The van der Waals surface area contributed by atoms with Gasteiger partial charge in [0.25, 0.3) is 0 Å². The maximum absolute atomic E-state index is 5.82. The molecular weight excluding hydrogens is 288 g/mol. The van der Waals surface area contributed by atoms with E-state index in [1.807, 2.05) is 42.5 Å². The second-order valence-corrected chi connectivity index (χ2v) is 4.77. The molecule has 5 heteroatoms. The van der Waals surface area contributed by atoms with Gasteiger partial charge in [0.05, 0.1) is 27.0 Å². The first kappa shape index (κ1) is 15.2. The molecule has 0 bridgehead atoms. The number of halogens is 1. The fourth-order valence-corrected chi connectivity index (χ4v) is 1.92. The van der Waals surface area contributed by atoms with Crippen molar-refractivity contribution >= 4 is 17.8 Å². The smallest absolute Gasteiger partial charge is 0.161 e. The van der Waals surface area contributed by atoms with Crippen LogP contribution in [0.4, 0.5) is 0 Å². The highest BCUT2D eigenvalue weighted by molar-refractivity contribution is 6.30. The van der Waals surface area contributed by atoms with Crippen molar-refractivity contribution in [3.8, 4) is 11.5 Å². The topological polar surface area (TPSA) is 42.8 Å². The number of methoxy groups -OCH3 is 2. The van der Waals surface area contributed by atoms with E-state index in [1.165, 1.54) is 0 Å². The van der Waals surface area contributed by atoms with Crippen LogP contribution in [-0.2, 0) is 6.54 Å². The molecule has 0 radical (unpaired) electrons. The first-order chi connectivity index (χ1) is 10.2. The highest BCUT2D eigenvalue weighted by atomic mass is 35.5. The van der Waals surface area contributed by atoms with E-state index in [-0.39, 0.29) is 0 Å². The van der Waals surface area contributed by atoms with Gasteiger partial charge >= 0.3 is 0 Å². The van der Waals surface area contributed by atoms with Crippen LogP contribution >= 0.6 is 11.6 Å². The van der Waals surface area contributed by atoms with Crippen LogP contribution in [0.2, 0.25) is 5.02 Å². The Kier molecular flexibility index (Phi) is 5.46. The number of nitrogens with zero attached hydrogens (tertiary/aromatic N) is 1. The lowest BCUT2D eigenvalue weighted by Gasteiger charge is -2.09. The molecule has 2 rings (SSSR count). The zero-order valence-corrected chi connectivity index (χ0v) is 12.7. The summed E-state index contributed by atoms with van der Waals surface area (Å²) >= 11 is 5.82. The van der Waals surface area contributed by atoms with Crippen molar-refractivity contribution in [2.45, 2.75) is 6.54 Å². The van der Waals surface area contributed by atoms with E-state index in [0.717, 1.165) is 11.1 Å². The van der Waals surface area contributed by atoms with Gasteiger partial charge in [-0.15, -0.1) is 0 Å². The van der Waals surface area contributed by atoms with E-state index in [4.69, 9.17) is 21.1 Å². The minimum atomic E-state index is 0.602. The Hall–Kier alpha value is -2.20. The van der Waals surface area contributed by atoms with E-state index >= 15 is 0 Å². The zero-order chi connectivity index (χ0) is 15.1. The van der Waals surface area contributed by atoms with Crippen LogP contribution in [-0.4, -0.2) is 20.4 Å². The van der Waals surface area contributed by atoms with Crippen molar-refractivity contribution in [2.24, 2.45) is 5.10 Å². The summed E-state index contributed by atoms with van der Waals surface area (Å²) in [5.74, 6) is 1.42. The number of hydrogen-bond donors (Lipinski definition) is 1. The van der Waals surface area contributed by atoms with Crippen LogP contribution in [0.15, 0.2) is 47.6 Å². The van der Waals surface area contributed by atoms with Crippen LogP contribution < -0.4 is 14.9 Å². The molecule has 110 valence electrons. The van der Waals surface area contributed by atoms with Crippen molar-refractivity contribution in [1.29, 1.82) is 0 Å². The van der Waals surface area contributed by atoms with E-state index in [9.17, 15) is 0 Å². The molecule has 2 aromatic rings. The summed E-state index contributed by atoms with van der Waals surface area (Å²) in [4.78, 5) is 0. The average molecular weight is 305 g/mol. The van der Waals surface area contributed by atoms with Gasteiger partial charge in [-0.25, -0.2) is 0 Å². The van der Waals surface area contributed by atoms with Crippen molar-refractivity contribution in [2.75, 3.05) is 14.2 Å². The lowest BCUT2D eigenvalue weighted by Crippen LogP contribution is -2.06. The van der Waals surface area contributed by atoms with E-state index in [2.05, 4.69) is 10.5 Å². The molecule has 1 N–H and O–H groups in total. The molecule has 0 fully saturated rings. The molecular formula is C16H17ClN2O2. The molecule has 0 aliphatic carbocycles. The zero-order valence-electron chi connectivity index (χ0n) is 12.0. The van der Waals surface area contributed by atoms with Gasteiger partial charge in [0.2, 0.25) is 0 Å². The minimum Gasteiger partial charge on any atom is -0.493 e. The first-order valence-electron chi connectivity index (χ1n) is 6.45. The average Bonchev–Trinajstić information content (AvgIpc) is 2.53. The lowest BCUT2D eigenvalue weighted by molar-refractivity contribution is 0.354. The molecule has 21 heavy (non-hydrogen) atoms. The summed E-state index contributed by atoms with van der Waals surface area (Å²) in [6, 6.07) is 13.2. The number of hydrazone groups is 1. The molecule has 0 saturated heterocycles. The van der Waals surface area contributed by atoms with Crippen molar-refractivity contribution in [3.63, 3.8) is 0 Å². The van der Waals surface area contributed by atoms with Gasteiger partial charge in [-0.1, -0.05) is 29.8 Å². The number of ether oxygens (including phenoxy) is 2. The number of rotatable bonds is 6. The van der Waals surface area contributed by atoms with Crippen molar-refractivity contribution in [3.05, 3.63) is 58.6 Å². The summed E-state index contributed by atoms with van der Waals surface area (Å²) in [5.41, 5.74) is 5.04. The van der Waals surface area contributed by atoms with Crippen LogP contribution in [0.1, 0.15) is 11.1 Å². The molecule has 4 nitrogen and oxygen atoms in total. The normalized spacial score (nSPS) is 10.6. The quantitative estimate of drug-likeness (QED) is 0.656. The molecule has 0 saturated carbocycles. The Labute approximate surface area is 129 Å². The summed E-state index contributed by atoms with van der Waals surface area (Å²) in [6.45, 7) is 0.602. The van der Waals surface area contributed by atoms with Gasteiger partial charge in [-0.3, -0.25) is 0 Å². The molecule has 0 aliphatic rings. The first-order valence-corrected chi connectivity index (χ1v) is 6.83. The predicted molar refractivity (Wildman–Crippen MR) is 85.4 cm³/mol. The number of nitrogens with one attached hydrogen (secondary N) is 1. The summed E-state index contributed by atoms with van der Waals surface area (Å²) < 4.78 is 10.5. The molecule has 0 amide bonds. The molecule has 2 aromatic carbocycles. The maximum Gasteiger partial charge on any atom is 0.161 e. The molecule has 0 aromatic heterocycles. The Bertz CT molecular complexity index is 612. The Morgan fingerprint density at radius 1 is 1.05 bits per heavy atom. The number of hydrogen-bond acceptors (Lipinski definition) is 4. The fourth-order valence-electron chi connectivity index (χ4n) is 1.80. The van der Waals surface area contributed by atoms with Gasteiger partial charge in [-0.05, 0) is 35.4 Å². The van der Waals surface area contributed by atoms with Crippen molar-refractivity contribution < 1.29 is 9.47 Å². The molecule has 0 unspecified atom stereocenters. The summed E-state index contributed by atoms with van der Waals surface area (Å²) in [5, 5.41) is 4.89. The highest BCUT2D eigenvalue weighted by Gasteiger charge is 2.03. The summed E-state index contributed by atoms with van der Waals surface area (Å²) in [6.07, 6.45) is 1.75. The van der Waals surface area contributed by atoms with Gasteiger partial charge in [0.15, 0.2) is 11.5 Å². The Balaban J connectivity index is 1.92.